The topological polar surface area (TPSA) is 67.2 Å². The summed E-state index contributed by atoms with van der Waals surface area (Å²) in [6.45, 7) is 1.55. The van der Waals surface area contributed by atoms with Gasteiger partial charge >= 0.3 is 0 Å². The van der Waals surface area contributed by atoms with Crippen molar-refractivity contribution < 1.29 is 4.79 Å². The Kier molecular flexibility index (Phi) is 5.43. The number of hydrogen-bond donors (Lipinski definition) is 0. The summed E-state index contributed by atoms with van der Waals surface area (Å²) in [6, 6.07) is 2.01. The fourth-order valence-electron chi connectivity index (χ4n) is 3.38. The Morgan fingerprint density at radius 1 is 1.36 bits per heavy atom. The monoisotopic (exact) mass is 342 g/mol. The molecule has 0 unspecified atom stereocenters. The normalized spacial score (nSPS) is 17.4. The van der Waals surface area contributed by atoms with Gasteiger partial charge < -0.3 is 9.80 Å². The summed E-state index contributed by atoms with van der Waals surface area (Å²) >= 11 is 0. The summed E-state index contributed by atoms with van der Waals surface area (Å²) in [7, 11) is 5.93. The number of aromatic nitrogens is 4. The number of hydrogen-bond acceptors (Lipinski definition) is 5. The molecular formula is C18H26N6O. The smallest absolute Gasteiger partial charge is 0.223 e. The van der Waals surface area contributed by atoms with E-state index in [4.69, 9.17) is 4.98 Å². The summed E-state index contributed by atoms with van der Waals surface area (Å²) in [5.41, 5.74) is 2.93. The molecule has 1 aliphatic rings. The number of carbonyl (C=O) groups excluding carboxylic acids is 1. The van der Waals surface area contributed by atoms with Crippen LogP contribution in [0.5, 0.6) is 0 Å². The number of nitrogens with zero attached hydrogens (tertiary/aromatic N) is 6. The van der Waals surface area contributed by atoms with E-state index in [-0.39, 0.29) is 11.9 Å². The third kappa shape index (κ3) is 4.22. The van der Waals surface area contributed by atoms with Gasteiger partial charge in [-0.15, -0.1) is 0 Å². The zero-order valence-corrected chi connectivity index (χ0v) is 15.2. The number of aryl methyl sites for hydroxylation is 2. The van der Waals surface area contributed by atoms with Crippen molar-refractivity contribution in [1.82, 2.24) is 29.5 Å². The van der Waals surface area contributed by atoms with Crippen LogP contribution in [0.4, 0.5) is 0 Å². The minimum atomic E-state index is 0.0497. The van der Waals surface area contributed by atoms with Crippen molar-refractivity contribution in [2.75, 3.05) is 20.6 Å². The Hall–Kier alpha value is -2.28. The van der Waals surface area contributed by atoms with Gasteiger partial charge in [-0.2, -0.15) is 5.10 Å². The van der Waals surface area contributed by atoms with Gasteiger partial charge in [0.05, 0.1) is 23.6 Å². The van der Waals surface area contributed by atoms with Gasteiger partial charge in [0.1, 0.15) is 0 Å². The van der Waals surface area contributed by atoms with Gasteiger partial charge in [0.2, 0.25) is 5.91 Å². The molecule has 1 saturated heterocycles. The summed E-state index contributed by atoms with van der Waals surface area (Å²) in [5.74, 6) is 0.184. The Bertz CT molecular complexity index is 726. The van der Waals surface area contributed by atoms with E-state index in [9.17, 15) is 4.79 Å². The minimum absolute atomic E-state index is 0.0497. The molecule has 0 bridgehead atoms. The van der Waals surface area contributed by atoms with E-state index in [0.717, 1.165) is 43.0 Å². The molecule has 1 atom stereocenters. The predicted molar refractivity (Wildman–Crippen MR) is 94.6 cm³/mol. The number of rotatable bonds is 6. The molecule has 0 radical (unpaired) electrons. The SMILES string of the molecule is CN(C)Cc1cncc([C@H]2CCCN2C(=O)CCc2ccnn2C)n1. The van der Waals surface area contributed by atoms with Crippen molar-refractivity contribution in [2.45, 2.75) is 38.3 Å². The molecule has 3 heterocycles. The van der Waals surface area contributed by atoms with E-state index in [1.165, 1.54) is 0 Å². The summed E-state index contributed by atoms with van der Waals surface area (Å²) in [4.78, 5) is 25.9. The fourth-order valence-corrected chi connectivity index (χ4v) is 3.38. The van der Waals surface area contributed by atoms with Gasteiger partial charge in [-0.05, 0) is 39.4 Å². The highest BCUT2D eigenvalue weighted by atomic mass is 16.2. The third-order valence-electron chi connectivity index (χ3n) is 4.61. The Morgan fingerprint density at radius 2 is 2.20 bits per heavy atom. The van der Waals surface area contributed by atoms with E-state index in [1.807, 2.05) is 36.8 Å². The molecule has 0 aromatic carbocycles. The highest BCUT2D eigenvalue weighted by molar-refractivity contribution is 5.77. The van der Waals surface area contributed by atoms with E-state index >= 15 is 0 Å². The quantitative estimate of drug-likeness (QED) is 0.797. The maximum atomic E-state index is 12.7. The first kappa shape index (κ1) is 17.5. The van der Waals surface area contributed by atoms with Gasteiger partial charge in [-0.25, -0.2) is 0 Å². The molecule has 25 heavy (non-hydrogen) atoms. The molecule has 2 aromatic heterocycles. The first-order valence-corrected chi connectivity index (χ1v) is 8.76. The number of likely N-dealkylation sites (tertiary alicyclic amines) is 1. The van der Waals surface area contributed by atoms with Crippen molar-refractivity contribution >= 4 is 5.91 Å². The summed E-state index contributed by atoms with van der Waals surface area (Å²) < 4.78 is 1.82. The number of carbonyl (C=O) groups is 1. The van der Waals surface area contributed by atoms with Crippen molar-refractivity contribution in [3.8, 4) is 0 Å². The third-order valence-corrected chi connectivity index (χ3v) is 4.61. The molecule has 1 aliphatic heterocycles. The molecule has 1 fully saturated rings. The zero-order valence-electron chi connectivity index (χ0n) is 15.2. The number of amides is 1. The first-order chi connectivity index (χ1) is 12.0. The molecule has 7 heteroatoms. The highest BCUT2D eigenvalue weighted by Gasteiger charge is 2.31. The Labute approximate surface area is 148 Å². The lowest BCUT2D eigenvalue weighted by molar-refractivity contribution is -0.132. The largest absolute Gasteiger partial charge is 0.334 e. The van der Waals surface area contributed by atoms with Crippen LogP contribution < -0.4 is 0 Å². The van der Waals surface area contributed by atoms with Gasteiger partial charge in [-0.3, -0.25) is 19.4 Å². The van der Waals surface area contributed by atoms with E-state index in [1.54, 1.807) is 18.6 Å². The van der Waals surface area contributed by atoms with Crippen LogP contribution in [0.1, 0.15) is 42.4 Å². The van der Waals surface area contributed by atoms with E-state index in [2.05, 4.69) is 15.0 Å². The van der Waals surface area contributed by atoms with Crippen LogP contribution in [0.2, 0.25) is 0 Å². The van der Waals surface area contributed by atoms with E-state index < -0.39 is 0 Å². The predicted octanol–water partition coefficient (Wildman–Crippen LogP) is 1.57. The molecule has 2 aromatic rings. The lowest BCUT2D eigenvalue weighted by Gasteiger charge is -2.24. The average Bonchev–Trinajstić information content (AvgIpc) is 3.21. The molecule has 0 aliphatic carbocycles. The van der Waals surface area contributed by atoms with Crippen molar-refractivity contribution in [2.24, 2.45) is 7.05 Å². The molecule has 3 rings (SSSR count). The average molecular weight is 342 g/mol. The molecule has 0 spiro atoms. The zero-order chi connectivity index (χ0) is 17.8. The van der Waals surface area contributed by atoms with Gasteiger partial charge in [0.25, 0.3) is 0 Å². The highest BCUT2D eigenvalue weighted by Crippen LogP contribution is 2.31. The second kappa shape index (κ2) is 7.74. The molecule has 0 N–H and O–H groups in total. The molecule has 134 valence electrons. The van der Waals surface area contributed by atoms with Crippen LogP contribution in [0.25, 0.3) is 0 Å². The maximum absolute atomic E-state index is 12.7. The minimum Gasteiger partial charge on any atom is -0.334 e. The van der Waals surface area contributed by atoms with E-state index in [0.29, 0.717) is 12.8 Å². The standard InChI is InChI=1S/C18H26N6O/c1-22(2)13-14-11-19-12-16(21-14)17-5-4-10-24(17)18(25)7-6-15-8-9-20-23(15)3/h8-9,11-12,17H,4-7,10,13H2,1-3H3/t17-/m1/s1. The Balaban J connectivity index is 1.67. The lowest BCUT2D eigenvalue weighted by Crippen LogP contribution is -2.31. The van der Waals surface area contributed by atoms with Crippen LogP contribution in [0.15, 0.2) is 24.7 Å². The van der Waals surface area contributed by atoms with Crippen LogP contribution in [0, 0.1) is 0 Å². The molecular weight excluding hydrogens is 316 g/mol. The lowest BCUT2D eigenvalue weighted by atomic mass is 10.1. The maximum Gasteiger partial charge on any atom is 0.223 e. The van der Waals surface area contributed by atoms with Crippen LogP contribution in [0.3, 0.4) is 0 Å². The van der Waals surface area contributed by atoms with Gasteiger partial charge in [0.15, 0.2) is 0 Å². The van der Waals surface area contributed by atoms with Gasteiger partial charge in [-0.1, -0.05) is 0 Å². The molecule has 1 amide bonds. The van der Waals surface area contributed by atoms with Crippen LogP contribution in [-0.2, 0) is 24.8 Å². The molecule has 7 nitrogen and oxygen atoms in total. The molecule has 0 saturated carbocycles. The summed E-state index contributed by atoms with van der Waals surface area (Å²) in [6.07, 6.45) is 8.55. The van der Waals surface area contributed by atoms with Crippen LogP contribution >= 0.6 is 0 Å². The second-order valence-corrected chi connectivity index (χ2v) is 6.86. The van der Waals surface area contributed by atoms with Crippen molar-refractivity contribution in [3.05, 3.63) is 41.7 Å². The van der Waals surface area contributed by atoms with Gasteiger partial charge in [0, 0.05) is 44.6 Å². The van der Waals surface area contributed by atoms with Crippen LogP contribution in [-0.4, -0.2) is 56.1 Å². The van der Waals surface area contributed by atoms with Crippen molar-refractivity contribution in [3.63, 3.8) is 0 Å². The second-order valence-electron chi connectivity index (χ2n) is 6.86. The Morgan fingerprint density at radius 3 is 2.92 bits per heavy atom. The summed E-state index contributed by atoms with van der Waals surface area (Å²) in [5, 5.41) is 4.16. The first-order valence-electron chi connectivity index (χ1n) is 8.76. The van der Waals surface area contributed by atoms with Crippen molar-refractivity contribution in [1.29, 1.82) is 0 Å². The fraction of sp³-hybridized carbons (Fsp3) is 0.556.